The third kappa shape index (κ3) is 2.88. The van der Waals surface area contributed by atoms with Gasteiger partial charge in [0.05, 0.1) is 5.57 Å². The van der Waals surface area contributed by atoms with Crippen LogP contribution in [0.2, 0.25) is 10.0 Å². The van der Waals surface area contributed by atoms with Gasteiger partial charge in [0, 0.05) is 21.9 Å². The molecule has 128 valence electrons. The standard InChI is InChI=1S/C21H18Cl2O2/c1-11-2-3-12(15-7-16(22)10-17(23)8-15)9-18(11)19-20(24)13-4-5-14(6-13)21(19)25/h2-3,7-10,13-14,24H,4-6H2,1H3/t13-,14+/m0/s1. The lowest BCUT2D eigenvalue weighted by atomic mass is 9.81. The average molecular weight is 373 g/mol. The molecule has 2 aromatic carbocycles. The number of rotatable bonds is 2. The number of ketones is 1. The van der Waals surface area contributed by atoms with Crippen molar-refractivity contribution in [2.45, 2.75) is 26.2 Å². The molecule has 2 nitrogen and oxygen atoms in total. The number of fused-ring (bicyclic) bond motifs is 2. The van der Waals surface area contributed by atoms with Crippen LogP contribution in [0.3, 0.4) is 0 Å². The summed E-state index contributed by atoms with van der Waals surface area (Å²) in [5.74, 6) is 0.527. The first kappa shape index (κ1) is 16.7. The molecule has 2 aliphatic carbocycles. The Morgan fingerprint density at radius 3 is 2.36 bits per heavy atom. The smallest absolute Gasteiger partial charge is 0.169 e. The predicted molar refractivity (Wildman–Crippen MR) is 102 cm³/mol. The number of aliphatic hydroxyl groups excluding tert-OH is 1. The third-order valence-electron chi connectivity index (χ3n) is 5.40. The fourth-order valence-corrected chi connectivity index (χ4v) is 4.59. The van der Waals surface area contributed by atoms with E-state index < -0.39 is 0 Å². The number of halogens is 2. The lowest BCUT2D eigenvalue weighted by molar-refractivity contribution is -0.117. The zero-order valence-corrected chi connectivity index (χ0v) is 15.4. The first-order chi connectivity index (χ1) is 11.9. The first-order valence-electron chi connectivity index (χ1n) is 8.49. The van der Waals surface area contributed by atoms with Crippen molar-refractivity contribution in [1.82, 2.24) is 0 Å². The minimum absolute atomic E-state index is 0.0552. The molecule has 25 heavy (non-hydrogen) atoms. The minimum Gasteiger partial charge on any atom is -0.511 e. The Hall–Kier alpha value is -1.77. The van der Waals surface area contributed by atoms with E-state index in [0.29, 0.717) is 15.6 Å². The van der Waals surface area contributed by atoms with Gasteiger partial charge in [0.15, 0.2) is 5.78 Å². The Labute approximate surface area is 157 Å². The highest BCUT2D eigenvalue weighted by Gasteiger charge is 2.41. The molecule has 1 fully saturated rings. The molecule has 2 aliphatic rings. The van der Waals surface area contributed by atoms with Crippen molar-refractivity contribution < 1.29 is 9.90 Å². The van der Waals surface area contributed by atoms with Crippen LogP contribution in [0.25, 0.3) is 16.7 Å². The molecule has 1 saturated carbocycles. The molecule has 2 atom stereocenters. The normalized spacial score (nSPS) is 22.6. The fraction of sp³-hybridized carbons (Fsp3) is 0.286. The highest BCUT2D eigenvalue weighted by atomic mass is 35.5. The van der Waals surface area contributed by atoms with E-state index in [1.807, 2.05) is 37.3 Å². The number of allylic oxidation sites excluding steroid dienone is 2. The van der Waals surface area contributed by atoms with E-state index in [4.69, 9.17) is 23.2 Å². The summed E-state index contributed by atoms with van der Waals surface area (Å²) in [5.41, 5.74) is 4.12. The van der Waals surface area contributed by atoms with Crippen LogP contribution in [-0.4, -0.2) is 10.9 Å². The van der Waals surface area contributed by atoms with Crippen LogP contribution >= 0.6 is 23.2 Å². The van der Waals surface area contributed by atoms with E-state index in [0.717, 1.165) is 41.5 Å². The summed E-state index contributed by atoms with van der Waals surface area (Å²) in [5, 5.41) is 11.8. The number of hydrogen-bond donors (Lipinski definition) is 1. The summed E-state index contributed by atoms with van der Waals surface area (Å²) in [6.07, 6.45) is 2.56. The third-order valence-corrected chi connectivity index (χ3v) is 5.83. The van der Waals surface area contributed by atoms with Gasteiger partial charge in [-0.25, -0.2) is 0 Å². The van der Waals surface area contributed by atoms with Crippen molar-refractivity contribution in [3.05, 3.63) is 63.3 Å². The van der Waals surface area contributed by atoms with Gasteiger partial charge in [-0.2, -0.15) is 0 Å². The molecule has 1 N–H and O–H groups in total. The predicted octanol–water partition coefficient (Wildman–Crippen LogP) is 6.24. The number of aliphatic hydroxyl groups is 1. The molecule has 2 bridgehead atoms. The number of carbonyl (C=O) groups is 1. The summed E-state index contributed by atoms with van der Waals surface area (Å²) in [7, 11) is 0. The zero-order chi connectivity index (χ0) is 17.7. The molecule has 0 aliphatic heterocycles. The van der Waals surface area contributed by atoms with Crippen molar-refractivity contribution in [3.8, 4) is 11.1 Å². The summed E-state index contributed by atoms with van der Waals surface area (Å²) in [6.45, 7) is 1.97. The summed E-state index contributed by atoms with van der Waals surface area (Å²) in [6, 6.07) is 11.3. The Morgan fingerprint density at radius 1 is 0.960 bits per heavy atom. The van der Waals surface area contributed by atoms with Crippen LogP contribution in [0.5, 0.6) is 0 Å². The highest BCUT2D eigenvalue weighted by molar-refractivity contribution is 6.35. The number of hydrogen-bond acceptors (Lipinski definition) is 2. The van der Waals surface area contributed by atoms with Crippen LogP contribution in [0.4, 0.5) is 0 Å². The maximum absolute atomic E-state index is 12.8. The molecule has 4 rings (SSSR count). The molecular formula is C21H18Cl2O2. The van der Waals surface area contributed by atoms with Gasteiger partial charge in [-0.05, 0) is 72.7 Å². The molecule has 0 saturated heterocycles. The van der Waals surface area contributed by atoms with E-state index in [9.17, 15) is 9.90 Å². The zero-order valence-electron chi connectivity index (χ0n) is 13.9. The largest absolute Gasteiger partial charge is 0.511 e. The van der Waals surface area contributed by atoms with Crippen molar-refractivity contribution in [2.24, 2.45) is 11.8 Å². The Balaban J connectivity index is 1.86. The average Bonchev–Trinajstić information content (AvgIpc) is 3.01. The van der Waals surface area contributed by atoms with Gasteiger partial charge in [-0.1, -0.05) is 35.3 Å². The second-order valence-corrected chi connectivity index (χ2v) is 7.89. The quantitative estimate of drug-likeness (QED) is 0.677. The highest BCUT2D eigenvalue weighted by Crippen LogP contribution is 2.46. The Bertz CT molecular complexity index is 894. The van der Waals surface area contributed by atoms with Crippen LogP contribution in [0.1, 0.15) is 30.4 Å². The molecule has 0 unspecified atom stereocenters. The van der Waals surface area contributed by atoms with Gasteiger partial charge in [-0.15, -0.1) is 0 Å². The molecule has 0 aromatic heterocycles. The van der Waals surface area contributed by atoms with E-state index in [1.165, 1.54) is 0 Å². The van der Waals surface area contributed by atoms with E-state index in [2.05, 4.69) is 0 Å². The van der Waals surface area contributed by atoms with Crippen LogP contribution in [0, 0.1) is 18.8 Å². The topological polar surface area (TPSA) is 37.3 Å². The van der Waals surface area contributed by atoms with Gasteiger partial charge >= 0.3 is 0 Å². The Kier molecular flexibility index (Phi) is 4.13. The lowest BCUT2D eigenvalue weighted by Gasteiger charge is -2.23. The van der Waals surface area contributed by atoms with Gasteiger partial charge in [0.25, 0.3) is 0 Å². The number of aryl methyl sites for hydroxylation is 1. The second kappa shape index (κ2) is 6.19. The molecule has 2 aromatic rings. The second-order valence-electron chi connectivity index (χ2n) is 7.02. The van der Waals surface area contributed by atoms with E-state index in [-0.39, 0.29) is 23.4 Å². The number of benzene rings is 2. The van der Waals surface area contributed by atoms with Gasteiger partial charge in [0.2, 0.25) is 0 Å². The summed E-state index contributed by atoms with van der Waals surface area (Å²) < 4.78 is 0. The Morgan fingerprint density at radius 2 is 1.64 bits per heavy atom. The monoisotopic (exact) mass is 372 g/mol. The molecular weight excluding hydrogens is 355 g/mol. The SMILES string of the molecule is Cc1ccc(-c2cc(Cl)cc(Cl)c2)cc1C1=C(O)[C@H]2CC[C@H](C2)C1=O. The van der Waals surface area contributed by atoms with Crippen molar-refractivity contribution in [2.75, 3.05) is 0 Å². The molecule has 0 radical (unpaired) electrons. The fourth-order valence-electron chi connectivity index (χ4n) is 4.06. The van der Waals surface area contributed by atoms with Crippen molar-refractivity contribution in [3.63, 3.8) is 0 Å². The van der Waals surface area contributed by atoms with Crippen LogP contribution < -0.4 is 0 Å². The number of Topliss-reactive ketones (excluding diaryl/α,β-unsaturated/α-hetero) is 1. The van der Waals surface area contributed by atoms with E-state index in [1.54, 1.807) is 6.07 Å². The van der Waals surface area contributed by atoms with Crippen molar-refractivity contribution in [1.29, 1.82) is 0 Å². The number of carbonyl (C=O) groups excluding carboxylic acids is 1. The molecule has 4 heteroatoms. The van der Waals surface area contributed by atoms with Crippen molar-refractivity contribution >= 4 is 34.6 Å². The minimum atomic E-state index is 0.0552. The molecule has 0 amide bonds. The lowest BCUT2D eigenvalue weighted by Crippen LogP contribution is -2.21. The van der Waals surface area contributed by atoms with E-state index >= 15 is 0 Å². The summed E-state index contributed by atoms with van der Waals surface area (Å²) >= 11 is 12.2. The van der Waals surface area contributed by atoms with Crippen LogP contribution in [-0.2, 0) is 4.79 Å². The maximum atomic E-state index is 12.8. The maximum Gasteiger partial charge on any atom is 0.169 e. The molecule has 0 heterocycles. The van der Waals surface area contributed by atoms with Gasteiger partial charge in [-0.3, -0.25) is 4.79 Å². The van der Waals surface area contributed by atoms with Gasteiger partial charge in [0.1, 0.15) is 5.76 Å². The summed E-state index contributed by atoms with van der Waals surface area (Å²) in [4.78, 5) is 12.8. The van der Waals surface area contributed by atoms with Crippen LogP contribution in [0.15, 0.2) is 42.2 Å². The first-order valence-corrected chi connectivity index (χ1v) is 9.24. The molecule has 0 spiro atoms. The van der Waals surface area contributed by atoms with Gasteiger partial charge < -0.3 is 5.11 Å².